The van der Waals surface area contributed by atoms with Gasteiger partial charge in [-0.05, 0) is 26.1 Å². The van der Waals surface area contributed by atoms with E-state index in [0.717, 1.165) is 19.4 Å². The van der Waals surface area contributed by atoms with Gasteiger partial charge in [0.05, 0.1) is 13.9 Å². The first-order valence-electron chi connectivity index (χ1n) is 4.97. The number of amides is 1. The molecule has 0 bridgehead atoms. The van der Waals surface area contributed by atoms with Crippen molar-refractivity contribution >= 4 is 13.8 Å². The summed E-state index contributed by atoms with van der Waals surface area (Å²) >= 11 is 0. The van der Waals surface area contributed by atoms with Crippen LogP contribution in [-0.4, -0.2) is 36.8 Å². The van der Waals surface area contributed by atoms with E-state index in [1.807, 2.05) is 4.90 Å². The SMILES string of the molecule is [B]C[C@]1(C)OC(=C)[C@H]2CCCN2C1=O. The number of nitrogens with zero attached hydrogens (tertiary/aromatic N) is 1. The Labute approximate surface area is 85.5 Å². The van der Waals surface area contributed by atoms with Crippen LogP contribution in [-0.2, 0) is 9.53 Å². The van der Waals surface area contributed by atoms with Gasteiger partial charge < -0.3 is 9.64 Å². The Balaban J connectivity index is 2.29. The molecular weight excluding hydrogens is 177 g/mol. The molecule has 0 aromatic rings. The van der Waals surface area contributed by atoms with Crippen LogP contribution in [0.25, 0.3) is 0 Å². The minimum atomic E-state index is -0.891. The first-order valence-corrected chi connectivity index (χ1v) is 4.97. The molecule has 2 atom stereocenters. The molecule has 74 valence electrons. The molecule has 2 aliphatic rings. The molecule has 0 aromatic heterocycles. The van der Waals surface area contributed by atoms with Crippen molar-refractivity contribution < 1.29 is 9.53 Å². The fraction of sp³-hybridized carbons (Fsp3) is 0.700. The van der Waals surface area contributed by atoms with Crippen molar-refractivity contribution in [2.24, 2.45) is 0 Å². The van der Waals surface area contributed by atoms with E-state index in [4.69, 9.17) is 12.6 Å². The third-order valence-electron chi connectivity index (χ3n) is 3.08. The van der Waals surface area contributed by atoms with E-state index in [1.54, 1.807) is 6.92 Å². The van der Waals surface area contributed by atoms with E-state index in [2.05, 4.69) is 6.58 Å². The van der Waals surface area contributed by atoms with Gasteiger partial charge in [0.2, 0.25) is 0 Å². The summed E-state index contributed by atoms with van der Waals surface area (Å²) in [6.45, 7) is 6.40. The number of carbonyl (C=O) groups excluding carboxylic acids is 1. The van der Waals surface area contributed by atoms with Crippen molar-refractivity contribution in [1.82, 2.24) is 4.90 Å². The van der Waals surface area contributed by atoms with Gasteiger partial charge in [-0.15, -0.1) is 0 Å². The number of rotatable bonds is 1. The first kappa shape index (κ1) is 9.62. The molecule has 0 N–H and O–H groups in total. The second-order valence-electron chi connectivity index (χ2n) is 4.16. The molecule has 0 aliphatic carbocycles. The van der Waals surface area contributed by atoms with Gasteiger partial charge in [0.15, 0.2) is 5.60 Å². The van der Waals surface area contributed by atoms with Gasteiger partial charge in [0, 0.05) is 6.54 Å². The van der Waals surface area contributed by atoms with Crippen LogP contribution in [0.5, 0.6) is 0 Å². The van der Waals surface area contributed by atoms with Crippen molar-refractivity contribution in [2.75, 3.05) is 6.54 Å². The predicted molar refractivity (Wildman–Crippen MR) is 53.9 cm³/mol. The number of hydrogen-bond acceptors (Lipinski definition) is 2. The smallest absolute Gasteiger partial charge is 0.266 e. The van der Waals surface area contributed by atoms with Gasteiger partial charge in [-0.3, -0.25) is 4.79 Å². The number of ether oxygens (including phenoxy) is 1. The van der Waals surface area contributed by atoms with Crippen LogP contribution in [0.3, 0.4) is 0 Å². The molecule has 0 saturated carbocycles. The summed E-state index contributed by atoms with van der Waals surface area (Å²) in [4.78, 5) is 13.8. The zero-order valence-corrected chi connectivity index (χ0v) is 8.45. The lowest BCUT2D eigenvalue weighted by molar-refractivity contribution is -0.159. The summed E-state index contributed by atoms with van der Waals surface area (Å²) < 4.78 is 5.54. The Morgan fingerprint density at radius 3 is 3.14 bits per heavy atom. The molecule has 2 rings (SSSR count). The number of fused-ring (bicyclic) bond motifs is 1. The summed E-state index contributed by atoms with van der Waals surface area (Å²) in [7, 11) is 5.56. The Hall–Kier alpha value is -0.925. The Morgan fingerprint density at radius 2 is 2.50 bits per heavy atom. The zero-order chi connectivity index (χ0) is 10.3. The van der Waals surface area contributed by atoms with E-state index in [1.165, 1.54) is 0 Å². The molecule has 2 fully saturated rings. The van der Waals surface area contributed by atoms with Crippen LogP contribution in [0.4, 0.5) is 0 Å². The Kier molecular flexibility index (Phi) is 2.09. The molecule has 2 saturated heterocycles. The molecular formula is C10H14BNO2. The molecule has 1 amide bonds. The predicted octanol–water partition coefficient (Wildman–Crippen LogP) is 0.867. The molecule has 0 spiro atoms. The van der Waals surface area contributed by atoms with Crippen molar-refractivity contribution in [3.05, 3.63) is 12.3 Å². The van der Waals surface area contributed by atoms with Gasteiger partial charge in [0.25, 0.3) is 5.91 Å². The van der Waals surface area contributed by atoms with E-state index in [-0.39, 0.29) is 18.3 Å². The maximum absolute atomic E-state index is 12.0. The topological polar surface area (TPSA) is 29.5 Å². The van der Waals surface area contributed by atoms with Crippen molar-refractivity contribution in [1.29, 1.82) is 0 Å². The third kappa shape index (κ3) is 1.16. The fourth-order valence-corrected chi connectivity index (χ4v) is 2.18. The lowest BCUT2D eigenvalue weighted by Gasteiger charge is -2.42. The van der Waals surface area contributed by atoms with Crippen LogP contribution < -0.4 is 0 Å². The molecule has 3 nitrogen and oxygen atoms in total. The molecule has 0 unspecified atom stereocenters. The van der Waals surface area contributed by atoms with E-state index < -0.39 is 5.60 Å². The van der Waals surface area contributed by atoms with Gasteiger partial charge in [-0.1, -0.05) is 6.58 Å². The average molecular weight is 191 g/mol. The van der Waals surface area contributed by atoms with Crippen LogP contribution in [0.2, 0.25) is 6.32 Å². The second-order valence-corrected chi connectivity index (χ2v) is 4.16. The van der Waals surface area contributed by atoms with Crippen LogP contribution in [0, 0.1) is 0 Å². The van der Waals surface area contributed by atoms with Crippen LogP contribution in [0.15, 0.2) is 12.3 Å². The molecule has 4 heteroatoms. The third-order valence-corrected chi connectivity index (χ3v) is 3.08. The number of hydrogen-bond donors (Lipinski definition) is 0. The summed E-state index contributed by atoms with van der Waals surface area (Å²) in [5, 5.41) is 0. The van der Waals surface area contributed by atoms with E-state index in [0.29, 0.717) is 5.76 Å². The average Bonchev–Trinajstić information content (AvgIpc) is 2.63. The van der Waals surface area contributed by atoms with Gasteiger partial charge in [0.1, 0.15) is 5.76 Å². The summed E-state index contributed by atoms with van der Waals surface area (Å²) in [5.74, 6) is 0.699. The highest BCUT2D eigenvalue weighted by molar-refractivity contribution is 6.12. The minimum Gasteiger partial charge on any atom is -0.481 e. The normalized spacial score (nSPS) is 36.9. The number of morpholine rings is 1. The number of carbonyl (C=O) groups is 1. The van der Waals surface area contributed by atoms with Gasteiger partial charge in [-0.25, -0.2) is 0 Å². The summed E-state index contributed by atoms with van der Waals surface area (Å²) in [5.41, 5.74) is -0.891. The lowest BCUT2D eigenvalue weighted by atomic mass is 9.85. The summed E-state index contributed by atoms with van der Waals surface area (Å²) in [6.07, 6.45) is 2.19. The maximum atomic E-state index is 12.0. The van der Waals surface area contributed by atoms with Crippen molar-refractivity contribution in [3.8, 4) is 0 Å². The molecule has 0 aromatic carbocycles. The maximum Gasteiger partial charge on any atom is 0.266 e. The van der Waals surface area contributed by atoms with Crippen molar-refractivity contribution in [3.63, 3.8) is 0 Å². The monoisotopic (exact) mass is 191 g/mol. The van der Waals surface area contributed by atoms with Gasteiger partial charge in [-0.2, -0.15) is 0 Å². The highest BCUT2D eigenvalue weighted by Gasteiger charge is 2.47. The minimum absolute atomic E-state index is 0.00917. The van der Waals surface area contributed by atoms with E-state index >= 15 is 0 Å². The lowest BCUT2D eigenvalue weighted by Crippen LogP contribution is -2.55. The Bertz CT molecular complexity index is 292. The highest BCUT2D eigenvalue weighted by atomic mass is 16.5. The zero-order valence-electron chi connectivity index (χ0n) is 8.45. The second kappa shape index (κ2) is 3.04. The molecule has 14 heavy (non-hydrogen) atoms. The fourth-order valence-electron chi connectivity index (χ4n) is 2.18. The van der Waals surface area contributed by atoms with E-state index in [9.17, 15) is 4.79 Å². The highest BCUT2D eigenvalue weighted by Crippen LogP contribution is 2.36. The van der Waals surface area contributed by atoms with Crippen LogP contribution >= 0.6 is 0 Å². The molecule has 2 aliphatic heterocycles. The largest absolute Gasteiger partial charge is 0.481 e. The quantitative estimate of drug-likeness (QED) is 0.575. The summed E-state index contributed by atoms with van der Waals surface area (Å²) in [6, 6.07) is 0.0853. The standard InChI is InChI=1S/C10H14BNO2/c1-7-8-4-3-5-12(8)9(13)10(2,6-11)14-7/h8H,1,3-6H2,2H3/t8-,10+/m1/s1. The molecule has 2 heterocycles. The molecule has 2 radical (unpaired) electrons. The van der Waals surface area contributed by atoms with Crippen molar-refractivity contribution in [2.45, 2.75) is 37.7 Å². The van der Waals surface area contributed by atoms with Gasteiger partial charge >= 0.3 is 0 Å². The first-order chi connectivity index (χ1) is 6.58. The Morgan fingerprint density at radius 1 is 1.79 bits per heavy atom. The van der Waals surface area contributed by atoms with Crippen LogP contribution in [0.1, 0.15) is 19.8 Å².